The van der Waals surface area contributed by atoms with E-state index in [-0.39, 0.29) is 42.0 Å². The number of halogens is 2. The van der Waals surface area contributed by atoms with Crippen molar-refractivity contribution in [1.82, 2.24) is 9.88 Å². The summed E-state index contributed by atoms with van der Waals surface area (Å²) < 4.78 is 27.1. The number of alkyl halides is 2. The average molecular weight is 408 g/mol. The largest absolute Gasteiger partial charge is 0.366 e. The molecule has 3 amide bonds. The second-order valence-electron chi connectivity index (χ2n) is 8.18. The molecule has 29 heavy (non-hydrogen) atoms. The smallest absolute Gasteiger partial charge is 0.313 e. The van der Waals surface area contributed by atoms with Crippen LogP contribution in [0.5, 0.6) is 0 Å². The van der Waals surface area contributed by atoms with Gasteiger partial charge in [0.1, 0.15) is 0 Å². The number of carbonyl (C=O) groups excluding carboxylic acids is 3. The number of likely N-dealkylation sites (tertiary alicyclic amines) is 1. The highest BCUT2D eigenvalue weighted by Gasteiger charge is 2.42. The van der Waals surface area contributed by atoms with Crippen molar-refractivity contribution in [3.05, 3.63) is 24.0 Å². The number of pyridine rings is 1. The van der Waals surface area contributed by atoms with Crippen LogP contribution in [0.4, 0.5) is 14.5 Å². The Hall–Kier alpha value is -2.58. The van der Waals surface area contributed by atoms with E-state index in [9.17, 15) is 23.2 Å². The summed E-state index contributed by atoms with van der Waals surface area (Å²) in [5, 5.41) is 2.47. The SMILES string of the molecule is C[C@@H]1CCC(C2CCC(F)(F)CC2)N(C(=O)C(=O)Nc2cncc(C(N)=O)c2)C1. The van der Waals surface area contributed by atoms with Crippen molar-refractivity contribution in [2.24, 2.45) is 17.6 Å². The van der Waals surface area contributed by atoms with Crippen LogP contribution in [0.25, 0.3) is 0 Å². The third kappa shape index (κ3) is 5.07. The van der Waals surface area contributed by atoms with Gasteiger partial charge in [-0.25, -0.2) is 8.78 Å². The molecule has 1 saturated carbocycles. The first kappa shape index (κ1) is 21.1. The molecule has 9 heteroatoms. The van der Waals surface area contributed by atoms with Crippen LogP contribution in [0.1, 0.15) is 55.8 Å². The molecule has 3 N–H and O–H groups in total. The van der Waals surface area contributed by atoms with Crippen LogP contribution in [0.3, 0.4) is 0 Å². The number of nitrogens with one attached hydrogen (secondary N) is 1. The Morgan fingerprint density at radius 3 is 2.52 bits per heavy atom. The van der Waals surface area contributed by atoms with Crippen LogP contribution in [0.15, 0.2) is 18.5 Å². The normalized spacial score (nSPS) is 24.7. The molecule has 1 aliphatic carbocycles. The van der Waals surface area contributed by atoms with E-state index < -0.39 is 23.6 Å². The van der Waals surface area contributed by atoms with Gasteiger partial charge in [-0.2, -0.15) is 0 Å². The fourth-order valence-corrected chi connectivity index (χ4v) is 4.30. The van der Waals surface area contributed by atoms with Crippen LogP contribution in [-0.2, 0) is 9.59 Å². The van der Waals surface area contributed by atoms with Gasteiger partial charge in [0.2, 0.25) is 11.8 Å². The lowest BCUT2D eigenvalue weighted by molar-refractivity contribution is -0.148. The molecule has 1 aliphatic heterocycles. The van der Waals surface area contributed by atoms with Gasteiger partial charge >= 0.3 is 11.8 Å². The molecule has 0 radical (unpaired) electrons. The van der Waals surface area contributed by atoms with Gasteiger partial charge in [-0.3, -0.25) is 19.4 Å². The Morgan fingerprint density at radius 2 is 1.86 bits per heavy atom. The number of nitrogens with two attached hydrogens (primary N) is 1. The zero-order chi connectivity index (χ0) is 21.2. The molecule has 3 rings (SSSR count). The number of aromatic nitrogens is 1. The first-order chi connectivity index (χ1) is 13.7. The Morgan fingerprint density at radius 1 is 1.17 bits per heavy atom. The summed E-state index contributed by atoms with van der Waals surface area (Å²) in [6.07, 6.45) is 4.53. The Balaban J connectivity index is 1.71. The second kappa shape index (κ2) is 8.42. The van der Waals surface area contributed by atoms with Crippen LogP contribution in [-0.4, -0.2) is 46.1 Å². The second-order valence-corrected chi connectivity index (χ2v) is 8.18. The monoisotopic (exact) mass is 408 g/mol. The minimum Gasteiger partial charge on any atom is -0.366 e. The van der Waals surface area contributed by atoms with E-state index in [0.29, 0.717) is 25.8 Å². The molecule has 0 spiro atoms. The predicted octanol–water partition coefficient (Wildman–Crippen LogP) is 2.57. The molecule has 2 atom stereocenters. The third-order valence-electron chi connectivity index (χ3n) is 5.91. The topological polar surface area (TPSA) is 105 Å². The number of rotatable bonds is 3. The molecule has 0 aromatic carbocycles. The summed E-state index contributed by atoms with van der Waals surface area (Å²) >= 11 is 0. The maximum atomic E-state index is 13.5. The van der Waals surface area contributed by atoms with Crippen molar-refractivity contribution in [3.63, 3.8) is 0 Å². The third-order valence-corrected chi connectivity index (χ3v) is 5.91. The lowest BCUT2D eigenvalue weighted by Crippen LogP contribution is -2.53. The van der Waals surface area contributed by atoms with Crippen molar-refractivity contribution in [2.75, 3.05) is 11.9 Å². The van der Waals surface area contributed by atoms with Gasteiger partial charge < -0.3 is 16.0 Å². The van der Waals surface area contributed by atoms with Crippen LogP contribution < -0.4 is 11.1 Å². The average Bonchev–Trinajstić information content (AvgIpc) is 2.68. The molecule has 1 saturated heterocycles. The van der Waals surface area contributed by atoms with Gasteiger partial charge in [-0.1, -0.05) is 6.92 Å². The number of hydrogen-bond acceptors (Lipinski definition) is 4. The Kier molecular flexibility index (Phi) is 6.14. The van der Waals surface area contributed by atoms with Gasteiger partial charge in [0.05, 0.1) is 17.4 Å². The van der Waals surface area contributed by atoms with Crippen molar-refractivity contribution in [1.29, 1.82) is 0 Å². The standard InChI is InChI=1S/C20H26F2N4O3/c1-12-2-3-16(13-4-6-20(21,22)7-5-13)26(11-12)19(29)18(28)25-15-8-14(17(23)27)9-24-10-15/h8-10,12-13,16H,2-7,11H2,1H3,(H2,23,27)(H,25,28)/t12-,16?/m1/s1. The first-order valence-corrected chi connectivity index (χ1v) is 9.91. The summed E-state index contributed by atoms with van der Waals surface area (Å²) in [6.45, 7) is 2.42. The van der Waals surface area contributed by atoms with E-state index in [1.807, 2.05) is 6.92 Å². The van der Waals surface area contributed by atoms with Gasteiger partial charge in [-0.15, -0.1) is 0 Å². The van der Waals surface area contributed by atoms with Crippen molar-refractivity contribution < 1.29 is 23.2 Å². The lowest BCUT2D eigenvalue weighted by atomic mass is 9.77. The van der Waals surface area contributed by atoms with E-state index >= 15 is 0 Å². The van der Waals surface area contributed by atoms with Crippen LogP contribution in [0, 0.1) is 11.8 Å². The number of hydrogen-bond donors (Lipinski definition) is 2. The van der Waals surface area contributed by atoms with E-state index in [4.69, 9.17) is 5.73 Å². The van der Waals surface area contributed by atoms with Crippen molar-refractivity contribution in [3.8, 4) is 0 Å². The van der Waals surface area contributed by atoms with Crippen LogP contribution in [0.2, 0.25) is 0 Å². The molecule has 0 bridgehead atoms. The minimum absolute atomic E-state index is 0.0290. The van der Waals surface area contributed by atoms with Crippen LogP contribution >= 0.6 is 0 Å². The van der Waals surface area contributed by atoms with Crippen molar-refractivity contribution in [2.45, 2.75) is 57.4 Å². The quantitative estimate of drug-likeness (QED) is 0.750. The zero-order valence-electron chi connectivity index (χ0n) is 16.4. The summed E-state index contributed by atoms with van der Waals surface area (Å²) in [5.41, 5.74) is 5.51. The number of piperidine rings is 1. The van der Waals surface area contributed by atoms with Gasteiger partial charge in [-0.05, 0) is 43.6 Å². The van der Waals surface area contributed by atoms with E-state index in [0.717, 1.165) is 6.42 Å². The molecular weight excluding hydrogens is 382 g/mol. The highest BCUT2D eigenvalue weighted by atomic mass is 19.3. The number of nitrogens with zero attached hydrogens (tertiary/aromatic N) is 2. The number of carbonyl (C=O) groups is 3. The van der Waals surface area contributed by atoms with Gasteiger partial charge in [0.25, 0.3) is 0 Å². The Bertz CT molecular complexity index is 792. The zero-order valence-corrected chi connectivity index (χ0v) is 16.4. The first-order valence-electron chi connectivity index (χ1n) is 9.91. The molecule has 7 nitrogen and oxygen atoms in total. The lowest BCUT2D eigenvalue weighted by Gasteiger charge is -2.44. The molecule has 2 fully saturated rings. The molecule has 1 aromatic rings. The summed E-state index contributed by atoms with van der Waals surface area (Å²) in [6, 6.07) is 1.13. The molecular formula is C20H26F2N4O3. The number of amides is 3. The molecule has 2 heterocycles. The minimum atomic E-state index is -2.64. The highest BCUT2D eigenvalue weighted by Crippen LogP contribution is 2.41. The van der Waals surface area contributed by atoms with Crippen molar-refractivity contribution >= 4 is 23.4 Å². The molecule has 1 unspecified atom stereocenters. The molecule has 158 valence electrons. The summed E-state index contributed by atoms with van der Waals surface area (Å²) in [7, 11) is 0. The number of primary amides is 1. The van der Waals surface area contributed by atoms with E-state index in [1.165, 1.54) is 18.5 Å². The maximum Gasteiger partial charge on any atom is 0.313 e. The van der Waals surface area contributed by atoms with E-state index in [2.05, 4.69) is 10.3 Å². The summed E-state index contributed by atoms with van der Waals surface area (Å²) in [5.74, 6) is -4.66. The maximum absolute atomic E-state index is 13.5. The Labute approximate surface area is 168 Å². The van der Waals surface area contributed by atoms with E-state index in [1.54, 1.807) is 4.90 Å². The molecule has 1 aromatic heterocycles. The molecule has 2 aliphatic rings. The number of anilines is 1. The van der Waals surface area contributed by atoms with Gasteiger partial charge in [0, 0.05) is 31.6 Å². The fourth-order valence-electron chi connectivity index (χ4n) is 4.30. The fraction of sp³-hybridized carbons (Fsp3) is 0.600. The predicted molar refractivity (Wildman–Crippen MR) is 102 cm³/mol. The summed E-state index contributed by atoms with van der Waals surface area (Å²) in [4.78, 5) is 42.1. The van der Waals surface area contributed by atoms with Gasteiger partial charge in [0.15, 0.2) is 0 Å². The highest BCUT2D eigenvalue weighted by molar-refractivity contribution is 6.39.